The van der Waals surface area contributed by atoms with Crippen molar-refractivity contribution in [1.82, 2.24) is 4.72 Å². The minimum Gasteiger partial charge on any atom is -0.208 e. The smallest absolute Gasteiger partial charge is 0.208 e. The van der Waals surface area contributed by atoms with Gasteiger partial charge in [0.1, 0.15) is 4.90 Å². The average molecular weight is 355 g/mol. The van der Waals surface area contributed by atoms with Crippen molar-refractivity contribution >= 4 is 37.6 Å². The molecule has 1 unspecified atom stereocenters. The molecular weight excluding hydrogens is 338 g/mol. The lowest BCUT2D eigenvalue weighted by atomic mass is 10.2. The molecule has 0 saturated heterocycles. The largest absolute Gasteiger partial charge is 0.242 e. The van der Waals surface area contributed by atoms with Gasteiger partial charge < -0.3 is 0 Å². The van der Waals surface area contributed by atoms with E-state index in [0.717, 1.165) is 23.7 Å². The third-order valence-electron chi connectivity index (χ3n) is 2.53. The molecule has 1 atom stereocenters. The predicted octanol–water partition coefficient (Wildman–Crippen LogP) is 3.96. The second kappa shape index (κ2) is 6.89. The van der Waals surface area contributed by atoms with Gasteiger partial charge in [0.15, 0.2) is 0 Å². The quantitative estimate of drug-likeness (QED) is 0.840. The molecule has 18 heavy (non-hydrogen) atoms. The number of nitrogens with one attached hydrogen (secondary N) is 1. The van der Waals surface area contributed by atoms with Crippen LogP contribution in [-0.4, -0.2) is 14.5 Å². The first-order chi connectivity index (χ1) is 8.36. The summed E-state index contributed by atoms with van der Waals surface area (Å²) in [5, 5.41) is 0.222. The number of sulfonamides is 1. The van der Waals surface area contributed by atoms with Crippen LogP contribution >= 0.6 is 27.5 Å². The number of hydrogen-bond acceptors (Lipinski definition) is 2. The van der Waals surface area contributed by atoms with Gasteiger partial charge in [0.25, 0.3) is 0 Å². The van der Waals surface area contributed by atoms with Gasteiger partial charge in [-0.1, -0.05) is 47.3 Å². The molecule has 0 aliphatic heterocycles. The summed E-state index contributed by atoms with van der Waals surface area (Å²) in [5.41, 5.74) is 0. The Morgan fingerprint density at radius 1 is 1.44 bits per heavy atom. The van der Waals surface area contributed by atoms with Gasteiger partial charge in [-0.3, -0.25) is 0 Å². The van der Waals surface area contributed by atoms with E-state index in [-0.39, 0.29) is 16.0 Å². The fourth-order valence-electron chi connectivity index (χ4n) is 1.59. The molecule has 0 aromatic heterocycles. The van der Waals surface area contributed by atoms with Gasteiger partial charge in [-0.25, -0.2) is 13.1 Å². The fraction of sp³-hybridized carbons (Fsp3) is 0.500. The summed E-state index contributed by atoms with van der Waals surface area (Å²) in [5.74, 6) is 0. The summed E-state index contributed by atoms with van der Waals surface area (Å²) in [6.07, 6.45) is 2.87. The van der Waals surface area contributed by atoms with Gasteiger partial charge in [0, 0.05) is 10.5 Å². The molecule has 0 amide bonds. The second-order valence-electron chi connectivity index (χ2n) is 4.24. The van der Waals surface area contributed by atoms with E-state index in [4.69, 9.17) is 11.6 Å². The molecule has 1 aromatic carbocycles. The van der Waals surface area contributed by atoms with Crippen LogP contribution in [0.1, 0.15) is 33.1 Å². The Morgan fingerprint density at radius 2 is 2.11 bits per heavy atom. The van der Waals surface area contributed by atoms with Crippen LogP contribution in [0.3, 0.4) is 0 Å². The lowest BCUT2D eigenvalue weighted by molar-refractivity contribution is 0.534. The fourth-order valence-corrected chi connectivity index (χ4v) is 3.91. The predicted molar refractivity (Wildman–Crippen MR) is 78.5 cm³/mol. The Bertz CT molecular complexity index is 505. The highest BCUT2D eigenvalue weighted by Gasteiger charge is 2.20. The lowest BCUT2D eigenvalue weighted by Crippen LogP contribution is -2.32. The van der Waals surface area contributed by atoms with E-state index < -0.39 is 10.0 Å². The minimum atomic E-state index is -3.54. The van der Waals surface area contributed by atoms with Crippen molar-refractivity contribution in [1.29, 1.82) is 0 Å². The number of hydrogen-bond donors (Lipinski definition) is 1. The monoisotopic (exact) mass is 353 g/mol. The Balaban J connectivity index is 2.86. The van der Waals surface area contributed by atoms with Crippen LogP contribution in [0.2, 0.25) is 5.02 Å². The maximum Gasteiger partial charge on any atom is 0.242 e. The Morgan fingerprint density at radius 3 is 2.67 bits per heavy atom. The maximum absolute atomic E-state index is 12.1. The highest BCUT2D eigenvalue weighted by molar-refractivity contribution is 9.10. The van der Waals surface area contributed by atoms with Crippen LogP contribution in [0.25, 0.3) is 0 Å². The minimum absolute atomic E-state index is 0.0883. The summed E-state index contributed by atoms with van der Waals surface area (Å²) in [4.78, 5) is 0.121. The lowest BCUT2D eigenvalue weighted by Gasteiger charge is -2.14. The third-order valence-corrected chi connectivity index (χ3v) is 5.10. The SMILES string of the molecule is CCCCC(C)NS(=O)(=O)c1ccc(Br)cc1Cl. The summed E-state index contributed by atoms with van der Waals surface area (Å²) in [6, 6.07) is 4.65. The van der Waals surface area contributed by atoms with Crippen molar-refractivity contribution in [2.75, 3.05) is 0 Å². The number of halogens is 2. The van der Waals surface area contributed by atoms with Crippen molar-refractivity contribution in [2.24, 2.45) is 0 Å². The molecule has 0 spiro atoms. The average Bonchev–Trinajstić information content (AvgIpc) is 2.25. The zero-order valence-electron chi connectivity index (χ0n) is 10.4. The molecule has 0 aliphatic rings. The van der Waals surface area contributed by atoms with E-state index >= 15 is 0 Å². The molecular formula is C12H17BrClNO2S. The van der Waals surface area contributed by atoms with E-state index in [2.05, 4.69) is 27.6 Å². The molecule has 0 radical (unpaired) electrons. The van der Waals surface area contributed by atoms with Crippen molar-refractivity contribution in [3.05, 3.63) is 27.7 Å². The molecule has 3 nitrogen and oxygen atoms in total. The van der Waals surface area contributed by atoms with Gasteiger partial charge in [0.2, 0.25) is 10.0 Å². The number of benzene rings is 1. The van der Waals surface area contributed by atoms with Gasteiger partial charge >= 0.3 is 0 Å². The van der Waals surface area contributed by atoms with Crippen LogP contribution in [-0.2, 0) is 10.0 Å². The van der Waals surface area contributed by atoms with Crippen molar-refractivity contribution in [3.63, 3.8) is 0 Å². The van der Waals surface area contributed by atoms with Gasteiger partial charge in [-0.2, -0.15) is 0 Å². The van der Waals surface area contributed by atoms with Crippen LogP contribution in [0.5, 0.6) is 0 Å². The molecule has 1 rings (SSSR count). The van der Waals surface area contributed by atoms with Crippen LogP contribution in [0, 0.1) is 0 Å². The van der Waals surface area contributed by atoms with E-state index in [9.17, 15) is 8.42 Å². The van der Waals surface area contributed by atoms with Crippen LogP contribution in [0.15, 0.2) is 27.6 Å². The third kappa shape index (κ3) is 4.53. The summed E-state index contributed by atoms with van der Waals surface area (Å²) >= 11 is 9.20. The van der Waals surface area contributed by atoms with Crippen LogP contribution < -0.4 is 4.72 Å². The Hall–Kier alpha value is -0.100. The Kier molecular flexibility index (Phi) is 6.11. The van der Waals surface area contributed by atoms with Gasteiger partial charge in [-0.15, -0.1) is 0 Å². The normalized spacial score (nSPS) is 13.6. The molecule has 102 valence electrons. The number of rotatable bonds is 6. The zero-order chi connectivity index (χ0) is 13.8. The highest BCUT2D eigenvalue weighted by Crippen LogP contribution is 2.25. The molecule has 1 N–H and O–H groups in total. The van der Waals surface area contributed by atoms with Crippen molar-refractivity contribution < 1.29 is 8.42 Å². The van der Waals surface area contributed by atoms with Crippen LogP contribution in [0.4, 0.5) is 0 Å². The van der Waals surface area contributed by atoms with Crippen molar-refractivity contribution in [2.45, 2.75) is 44.0 Å². The van der Waals surface area contributed by atoms with E-state index in [1.54, 1.807) is 12.1 Å². The maximum atomic E-state index is 12.1. The molecule has 0 saturated carbocycles. The topological polar surface area (TPSA) is 46.2 Å². The first-order valence-corrected chi connectivity index (χ1v) is 8.49. The molecule has 0 bridgehead atoms. The Labute approximate surface area is 122 Å². The van der Waals surface area contributed by atoms with Gasteiger partial charge in [0.05, 0.1) is 5.02 Å². The van der Waals surface area contributed by atoms with Gasteiger partial charge in [-0.05, 0) is 31.5 Å². The van der Waals surface area contributed by atoms with E-state index in [1.165, 1.54) is 6.07 Å². The molecule has 0 aliphatic carbocycles. The van der Waals surface area contributed by atoms with E-state index in [1.807, 2.05) is 6.92 Å². The molecule has 6 heteroatoms. The summed E-state index contributed by atoms with van der Waals surface area (Å²) < 4.78 is 27.6. The molecule has 1 aromatic rings. The van der Waals surface area contributed by atoms with E-state index in [0.29, 0.717) is 0 Å². The summed E-state index contributed by atoms with van der Waals surface area (Å²) in [7, 11) is -3.54. The molecule has 0 heterocycles. The first-order valence-electron chi connectivity index (χ1n) is 5.84. The molecule has 0 fully saturated rings. The number of unbranched alkanes of at least 4 members (excludes halogenated alkanes) is 1. The first kappa shape index (κ1) is 16.0. The van der Waals surface area contributed by atoms with Crippen molar-refractivity contribution in [3.8, 4) is 0 Å². The zero-order valence-corrected chi connectivity index (χ0v) is 13.6. The summed E-state index contributed by atoms with van der Waals surface area (Å²) in [6.45, 7) is 3.94. The standard InChI is InChI=1S/C12H17BrClNO2S/c1-3-4-5-9(2)15-18(16,17)12-7-6-10(13)8-11(12)14/h6-9,15H,3-5H2,1-2H3. The highest BCUT2D eigenvalue weighted by atomic mass is 79.9. The second-order valence-corrected chi connectivity index (χ2v) is 7.24.